The van der Waals surface area contributed by atoms with Crippen LogP contribution in [0.4, 0.5) is 0 Å². The van der Waals surface area contributed by atoms with Gasteiger partial charge < -0.3 is 25.3 Å². The van der Waals surface area contributed by atoms with Crippen molar-refractivity contribution >= 4 is 29.9 Å². The Bertz CT molecular complexity index is 566. The Kier molecular flexibility index (Phi) is 8.61. The van der Waals surface area contributed by atoms with Gasteiger partial charge in [0.05, 0.1) is 19.8 Å². The van der Waals surface area contributed by atoms with Crippen molar-refractivity contribution in [3.05, 3.63) is 23.3 Å². The molecule has 0 fully saturated rings. The Hall–Kier alpha value is -1.22. The number of benzene rings is 1. The summed E-state index contributed by atoms with van der Waals surface area (Å²) in [6.07, 6.45) is 1.12. The van der Waals surface area contributed by atoms with E-state index in [1.807, 2.05) is 19.9 Å². The third kappa shape index (κ3) is 5.70. The highest BCUT2D eigenvalue weighted by atomic mass is 127. The van der Waals surface area contributed by atoms with E-state index in [4.69, 9.17) is 19.9 Å². The summed E-state index contributed by atoms with van der Waals surface area (Å²) in [4.78, 5) is 4.40. The van der Waals surface area contributed by atoms with Gasteiger partial charge in [0.2, 0.25) is 0 Å². The molecule has 6 nitrogen and oxygen atoms in total. The molecule has 0 spiro atoms. The van der Waals surface area contributed by atoms with Crippen molar-refractivity contribution in [1.82, 2.24) is 5.32 Å². The molecule has 1 aliphatic heterocycles. The van der Waals surface area contributed by atoms with Gasteiger partial charge >= 0.3 is 0 Å². The molecule has 0 amide bonds. The molecular formula is C17H28IN3O3. The maximum Gasteiger partial charge on any atom is 0.189 e. The molecule has 0 bridgehead atoms. The number of methoxy groups -OCH3 is 1. The average Bonchev–Trinajstić information content (AvgIpc) is 2.84. The Balaban J connectivity index is 0.00000288. The van der Waals surface area contributed by atoms with Crippen LogP contribution in [0.1, 0.15) is 31.9 Å². The first-order valence-electron chi connectivity index (χ1n) is 8.04. The fourth-order valence-corrected chi connectivity index (χ4v) is 2.66. The summed E-state index contributed by atoms with van der Waals surface area (Å²) in [6, 6.07) is 4.18. The van der Waals surface area contributed by atoms with E-state index in [1.165, 1.54) is 5.56 Å². The molecule has 1 aromatic rings. The lowest BCUT2D eigenvalue weighted by atomic mass is 10.1. The molecule has 1 heterocycles. The Morgan fingerprint density at radius 3 is 2.92 bits per heavy atom. The molecule has 0 saturated carbocycles. The van der Waals surface area contributed by atoms with E-state index in [0.717, 1.165) is 23.5 Å². The van der Waals surface area contributed by atoms with Gasteiger partial charge in [-0.15, -0.1) is 24.0 Å². The Labute approximate surface area is 161 Å². The molecule has 0 saturated heterocycles. The minimum Gasteiger partial charge on any atom is -0.494 e. The van der Waals surface area contributed by atoms with Crippen LogP contribution in [0, 0.1) is 0 Å². The maximum atomic E-state index is 5.92. The van der Waals surface area contributed by atoms with Gasteiger partial charge in [0.15, 0.2) is 5.96 Å². The average molecular weight is 449 g/mol. The first kappa shape index (κ1) is 20.8. The summed E-state index contributed by atoms with van der Waals surface area (Å²) in [6.45, 7) is 7.66. The number of hydrogen-bond acceptors (Lipinski definition) is 4. The molecule has 1 aliphatic rings. The molecule has 0 radical (unpaired) electrons. The van der Waals surface area contributed by atoms with E-state index in [1.54, 1.807) is 7.11 Å². The number of nitrogens with one attached hydrogen (secondary N) is 1. The van der Waals surface area contributed by atoms with Crippen LogP contribution in [0.3, 0.4) is 0 Å². The molecule has 2 atom stereocenters. The second kappa shape index (κ2) is 9.93. The van der Waals surface area contributed by atoms with Gasteiger partial charge in [-0.1, -0.05) is 0 Å². The summed E-state index contributed by atoms with van der Waals surface area (Å²) >= 11 is 0. The SMILES string of the molecule is CCOc1cc2c(cc1CN=C(N)NC(C)COC)OC(C)C2.I. The van der Waals surface area contributed by atoms with Crippen LogP contribution in [-0.4, -0.2) is 38.4 Å². The first-order valence-corrected chi connectivity index (χ1v) is 8.04. The highest BCUT2D eigenvalue weighted by molar-refractivity contribution is 14.0. The van der Waals surface area contributed by atoms with Crippen LogP contribution in [0.5, 0.6) is 11.5 Å². The third-order valence-electron chi connectivity index (χ3n) is 3.61. The highest BCUT2D eigenvalue weighted by Gasteiger charge is 2.21. The van der Waals surface area contributed by atoms with Crippen molar-refractivity contribution in [2.24, 2.45) is 10.7 Å². The van der Waals surface area contributed by atoms with Gasteiger partial charge in [0.25, 0.3) is 0 Å². The van der Waals surface area contributed by atoms with Crippen LogP contribution >= 0.6 is 24.0 Å². The van der Waals surface area contributed by atoms with Crippen LogP contribution in [0.15, 0.2) is 17.1 Å². The van der Waals surface area contributed by atoms with Crippen LogP contribution < -0.4 is 20.5 Å². The van der Waals surface area contributed by atoms with E-state index in [-0.39, 0.29) is 36.1 Å². The maximum absolute atomic E-state index is 5.92. The number of guanidine groups is 1. The van der Waals surface area contributed by atoms with Crippen LogP contribution in [0.2, 0.25) is 0 Å². The first-order chi connectivity index (χ1) is 11.0. The van der Waals surface area contributed by atoms with Gasteiger partial charge in [-0.2, -0.15) is 0 Å². The number of hydrogen-bond donors (Lipinski definition) is 2. The lowest BCUT2D eigenvalue weighted by molar-refractivity contribution is 0.179. The lowest BCUT2D eigenvalue weighted by Gasteiger charge is -2.14. The zero-order valence-electron chi connectivity index (χ0n) is 14.8. The van der Waals surface area contributed by atoms with Gasteiger partial charge in [-0.05, 0) is 32.9 Å². The van der Waals surface area contributed by atoms with E-state index in [9.17, 15) is 0 Å². The zero-order chi connectivity index (χ0) is 16.8. The van der Waals surface area contributed by atoms with Crippen molar-refractivity contribution in [3.8, 4) is 11.5 Å². The predicted octanol–water partition coefficient (Wildman–Crippen LogP) is 2.47. The predicted molar refractivity (Wildman–Crippen MR) is 107 cm³/mol. The number of ether oxygens (including phenoxy) is 3. The molecule has 24 heavy (non-hydrogen) atoms. The summed E-state index contributed by atoms with van der Waals surface area (Å²) in [5.41, 5.74) is 8.09. The third-order valence-corrected chi connectivity index (χ3v) is 3.61. The summed E-state index contributed by atoms with van der Waals surface area (Å²) < 4.78 is 16.6. The molecule has 3 N–H and O–H groups in total. The van der Waals surface area contributed by atoms with E-state index < -0.39 is 0 Å². The van der Waals surface area contributed by atoms with Crippen LogP contribution in [-0.2, 0) is 17.7 Å². The van der Waals surface area contributed by atoms with Crippen LogP contribution in [0.25, 0.3) is 0 Å². The minimum absolute atomic E-state index is 0. The van der Waals surface area contributed by atoms with Crippen molar-refractivity contribution in [3.63, 3.8) is 0 Å². The molecule has 0 aliphatic carbocycles. The Morgan fingerprint density at radius 2 is 2.25 bits per heavy atom. The quantitative estimate of drug-likeness (QED) is 0.380. The van der Waals surface area contributed by atoms with Crippen molar-refractivity contribution in [2.75, 3.05) is 20.3 Å². The molecule has 1 aromatic carbocycles. The summed E-state index contributed by atoms with van der Waals surface area (Å²) in [5.74, 6) is 2.17. The number of halogens is 1. The number of aliphatic imine (C=N–C) groups is 1. The van der Waals surface area contributed by atoms with Crippen molar-refractivity contribution in [1.29, 1.82) is 0 Å². The number of nitrogens with two attached hydrogens (primary N) is 1. The molecule has 0 aromatic heterocycles. The minimum atomic E-state index is 0. The second-order valence-corrected chi connectivity index (χ2v) is 5.84. The van der Waals surface area contributed by atoms with Gasteiger partial charge in [-0.25, -0.2) is 4.99 Å². The molecular weight excluding hydrogens is 421 g/mol. The summed E-state index contributed by atoms with van der Waals surface area (Å²) in [7, 11) is 1.66. The number of nitrogens with zero attached hydrogens (tertiary/aromatic N) is 1. The largest absolute Gasteiger partial charge is 0.494 e. The number of rotatable bonds is 7. The van der Waals surface area contributed by atoms with Gasteiger partial charge in [0, 0.05) is 30.7 Å². The Morgan fingerprint density at radius 1 is 1.50 bits per heavy atom. The molecule has 136 valence electrons. The summed E-state index contributed by atoms with van der Waals surface area (Å²) in [5, 5.41) is 3.09. The second-order valence-electron chi connectivity index (χ2n) is 5.84. The van der Waals surface area contributed by atoms with Gasteiger partial charge in [0.1, 0.15) is 17.6 Å². The van der Waals surface area contributed by atoms with E-state index >= 15 is 0 Å². The van der Waals surface area contributed by atoms with E-state index in [2.05, 4.69) is 23.3 Å². The lowest BCUT2D eigenvalue weighted by Crippen LogP contribution is -2.40. The van der Waals surface area contributed by atoms with E-state index in [0.29, 0.717) is 25.7 Å². The number of fused-ring (bicyclic) bond motifs is 1. The standard InChI is InChI=1S/C17H27N3O3.HI/c1-5-22-15-7-13-6-12(3)23-16(13)8-14(15)9-19-17(18)20-11(2)10-21-4;/h7-8,11-12H,5-6,9-10H2,1-4H3,(H3,18,19,20);1H. The van der Waals surface area contributed by atoms with Crippen molar-refractivity contribution in [2.45, 2.75) is 45.9 Å². The smallest absolute Gasteiger partial charge is 0.189 e. The highest BCUT2D eigenvalue weighted by Crippen LogP contribution is 2.35. The van der Waals surface area contributed by atoms with Crippen molar-refractivity contribution < 1.29 is 14.2 Å². The molecule has 2 unspecified atom stereocenters. The normalized spacial score (nSPS) is 17.5. The monoisotopic (exact) mass is 449 g/mol. The molecule has 7 heteroatoms. The molecule has 2 rings (SSSR count). The fraction of sp³-hybridized carbons (Fsp3) is 0.588. The fourth-order valence-electron chi connectivity index (χ4n) is 2.66. The van der Waals surface area contributed by atoms with Gasteiger partial charge in [-0.3, -0.25) is 0 Å². The topological polar surface area (TPSA) is 78.1 Å². The zero-order valence-corrected chi connectivity index (χ0v) is 17.1.